The van der Waals surface area contributed by atoms with Crippen LogP contribution >= 0.6 is 0 Å². The molecule has 0 N–H and O–H groups in total. The number of nitrogens with zero attached hydrogens (tertiary/aromatic N) is 2. The number of aromatic nitrogens is 1. The zero-order valence-corrected chi connectivity index (χ0v) is 38.5. The van der Waals surface area contributed by atoms with Crippen molar-refractivity contribution in [3.05, 3.63) is 279 Å². The van der Waals surface area contributed by atoms with Crippen molar-refractivity contribution in [3.8, 4) is 61.3 Å². The topological polar surface area (TPSA) is 8.17 Å². The zero-order chi connectivity index (χ0) is 46.4. The molecule has 2 nitrogen and oxygen atoms in total. The highest BCUT2D eigenvalue weighted by Gasteiger charge is 2.19. The fraction of sp³-hybridized carbons (Fsp3) is 0. The lowest BCUT2D eigenvalue weighted by atomic mass is 9.87. The van der Waals surface area contributed by atoms with Gasteiger partial charge in [-0.15, -0.1) is 0 Å². The van der Waals surface area contributed by atoms with E-state index in [1.54, 1.807) is 0 Å². The highest BCUT2D eigenvalue weighted by molar-refractivity contribution is 6.14. The molecule has 0 amide bonds. The first-order chi connectivity index (χ1) is 34.7. The third-order valence-corrected chi connectivity index (χ3v) is 14.0. The van der Waals surface area contributed by atoms with Gasteiger partial charge in [-0.1, -0.05) is 218 Å². The van der Waals surface area contributed by atoms with Gasteiger partial charge >= 0.3 is 0 Å². The highest BCUT2D eigenvalue weighted by Crippen LogP contribution is 2.44. The number of rotatable bonds is 9. The summed E-state index contributed by atoms with van der Waals surface area (Å²) in [6.45, 7) is 0. The summed E-state index contributed by atoms with van der Waals surface area (Å²) in [6.07, 6.45) is 0. The minimum atomic E-state index is 1.07. The van der Waals surface area contributed by atoms with Gasteiger partial charge in [0.15, 0.2) is 0 Å². The molecule has 70 heavy (non-hydrogen) atoms. The predicted octanol–water partition coefficient (Wildman–Crippen LogP) is 18.9. The number of benzene rings is 12. The first-order valence-corrected chi connectivity index (χ1v) is 24.1. The normalized spacial score (nSPS) is 11.4. The van der Waals surface area contributed by atoms with Crippen LogP contribution in [0.2, 0.25) is 0 Å². The fourth-order valence-corrected chi connectivity index (χ4v) is 10.8. The lowest BCUT2D eigenvalue weighted by Gasteiger charge is -2.27. The number of anilines is 3. The summed E-state index contributed by atoms with van der Waals surface area (Å²) in [5, 5.41) is 7.53. The Morgan fingerprint density at radius 1 is 0.229 bits per heavy atom. The number of hydrogen-bond donors (Lipinski definition) is 0. The van der Waals surface area contributed by atoms with Crippen molar-refractivity contribution in [1.29, 1.82) is 0 Å². The molecular formula is C68H46N2. The van der Waals surface area contributed by atoms with Gasteiger partial charge in [0.05, 0.1) is 11.0 Å². The van der Waals surface area contributed by atoms with E-state index < -0.39 is 0 Å². The Hall–Kier alpha value is -9.24. The minimum Gasteiger partial charge on any atom is -0.310 e. The summed E-state index contributed by atoms with van der Waals surface area (Å²) >= 11 is 0. The molecular weight excluding hydrogens is 845 g/mol. The van der Waals surface area contributed by atoms with E-state index >= 15 is 0 Å². The standard InChI is InChI=1S/C68H46N2/c1-2-19-47(20-3-1)55-24-6-8-27-58(55)61-30-11-12-31-62(61)59-28-9-7-25-56(59)48-37-41-51(42-38-48)69(53-22-18-23-54(46-53)70-67-35-16-14-33-64(67)65-34-15-17-36-68(65)70)52-43-39-49(40-44-52)66-45-50-21-4-5-26-57(50)60-29-10-13-32-63(60)66/h1-46H. The van der Waals surface area contributed by atoms with E-state index in [2.05, 4.69) is 289 Å². The Kier molecular flexibility index (Phi) is 10.2. The SMILES string of the molecule is c1ccc(-c2ccccc2-c2ccccc2-c2ccccc2-c2ccc(N(c3ccc(-c4cc5ccccc5c5ccccc45)cc3)c3cccc(-n4c5ccccc5c5ccccc54)c3)cc2)cc1. The van der Waals surface area contributed by atoms with Crippen molar-refractivity contribution < 1.29 is 0 Å². The van der Waals surface area contributed by atoms with Crippen LogP contribution in [0.4, 0.5) is 17.1 Å². The maximum absolute atomic E-state index is 2.40. The molecule has 328 valence electrons. The summed E-state index contributed by atoms with van der Waals surface area (Å²) in [7, 11) is 0. The first-order valence-electron chi connectivity index (χ1n) is 24.1. The van der Waals surface area contributed by atoms with Gasteiger partial charge in [-0.3, -0.25) is 0 Å². The van der Waals surface area contributed by atoms with Crippen LogP contribution in [0.3, 0.4) is 0 Å². The van der Waals surface area contributed by atoms with Gasteiger partial charge in [-0.2, -0.15) is 0 Å². The van der Waals surface area contributed by atoms with E-state index in [9.17, 15) is 0 Å². The molecule has 13 aromatic rings. The molecule has 12 aromatic carbocycles. The van der Waals surface area contributed by atoms with Crippen LogP contribution in [0.5, 0.6) is 0 Å². The summed E-state index contributed by atoms with van der Waals surface area (Å²) in [6, 6.07) is 102. The predicted molar refractivity (Wildman–Crippen MR) is 298 cm³/mol. The molecule has 0 bridgehead atoms. The highest BCUT2D eigenvalue weighted by atomic mass is 15.1. The molecule has 1 aromatic heterocycles. The number of para-hydroxylation sites is 2. The summed E-state index contributed by atoms with van der Waals surface area (Å²) in [4.78, 5) is 2.39. The van der Waals surface area contributed by atoms with E-state index in [1.807, 2.05) is 0 Å². The van der Waals surface area contributed by atoms with Crippen molar-refractivity contribution in [2.45, 2.75) is 0 Å². The van der Waals surface area contributed by atoms with Gasteiger partial charge in [-0.05, 0) is 138 Å². The Balaban J connectivity index is 0.934. The van der Waals surface area contributed by atoms with E-state index in [-0.39, 0.29) is 0 Å². The van der Waals surface area contributed by atoms with Crippen molar-refractivity contribution in [3.63, 3.8) is 0 Å². The maximum atomic E-state index is 2.40. The van der Waals surface area contributed by atoms with E-state index in [4.69, 9.17) is 0 Å². The summed E-state index contributed by atoms with van der Waals surface area (Å²) < 4.78 is 2.40. The van der Waals surface area contributed by atoms with Crippen molar-refractivity contribution >= 4 is 60.4 Å². The van der Waals surface area contributed by atoms with Gasteiger partial charge in [0.2, 0.25) is 0 Å². The first kappa shape index (κ1) is 41.0. The third kappa shape index (κ3) is 7.13. The van der Waals surface area contributed by atoms with Crippen LogP contribution in [0.25, 0.3) is 105 Å². The number of fused-ring (bicyclic) bond motifs is 6. The lowest BCUT2D eigenvalue weighted by Crippen LogP contribution is -2.10. The molecule has 0 unspecified atom stereocenters. The molecule has 2 heteroatoms. The van der Waals surface area contributed by atoms with Crippen LogP contribution in [0, 0.1) is 0 Å². The average molecular weight is 891 g/mol. The second-order valence-electron chi connectivity index (χ2n) is 18.0. The van der Waals surface area contributed by atoms with Crippen LogP contribution < -0.4 is 4.90 Å². The lowest BCUT2D eigenvalue weighted by molar-refractivity contribution is 1.17. The average Bonchev–Trinajstić information content (AvgIpc) is 3.78. The Bertz CT molecular complexity index is 4000. The van der Waals surface area contributed by atoms with Crippen LogP contribution in [0.15, 0.2) is 279 Å². The molecule has 0 spiro atoms. The molecule has 1 heterocycles. The van der Waals surface area contributed by atoms with Gasteiger partial charge < -0.3 is 9.47 Å². The monoisotopic (exact) mass is 890 g/mol. The largest absolute Gasteiger partial charge is 0.310 e. The fourth-order valence-electron chi connectivity index (χ4n) is 10.8. The van der Waals surface area contributed by atoms with Crippen molar-refractivity contribution in [1.82, 2.24) is 4.57 Å². The summed E-state index contributed by atoms with van der Waals surface area (Å²) in [5.74, 6) is 0. The van der Waals surface area contributed by atoms with Crippen molar-refractivity contribution in [2.75, 3.05) is 4.90 Å². The maximum Gasteiger partial charge on any atom is 0.0541 e. The van der Waals surface area contributed by atoms with Gasteiger partial charge in [0, 0.05) is 33.5 Å². The molecule has 13 rings (SSSR count). The third-order valence-electron chi connectivity index (χ3n) is 14.0. The summed E-state index contributed by atoms with van der Waals surface area (Å²) in [5.41, 5.74) is 18.7. The second-order valence-corrected chi connectivity index (χ2v) is 18.0. The van der Waals surface area contributed by atoms with Gasteiger partial charge in [0.25, 0.3) is 0 Å². The second kappa shape index (κ2) is 17.4. The molecule has 0 fully saturated rings. The quantitative estimate of drug-likeness (QED) is 0.131. The van der Waals surface area contributed by atoms with E-state index in [1.165, 1.54) is 93.4 Å². The molecule has 0 aliphatic heterocycles. The van der Waals surface area contributed by atoms with Gasteiger partial charge in [-0.25, -0.2) is 0 Å². The van der Waals surface area contributed by atoms with Crippen LogP contribution in [0.1, 0.15) is 0 Å². The Morgan fingerprint density at radius 3 is 1.21 bits per heavy atom. The van der Waals surface area contributed by atoms with Crippen molar-refractivity contribution in [2.24, 2.45) is 0 Å². The van der Waals surface area contributed by atoms with E-state index in [0.29, 0.717) is 0 Å². The molecule has 0 aliphatic carbocycles. The molecule has 0 atom stereocenters. The zero-order valence-electron chi connectivity index (χ0n) is 38.5. The molecule has 0 saturated carbocycles. The Labute approximate surface area is 408 Å². The number of hydrogen-bond acceptors (Lipinski definition) is 1. The Morgan fingerprint density at radius 2 is 0.643 bits per heavy atom. The van der Waals surface area contributed by atoms with Gasteiger partial charge in [0.1, 0.15) is 0 Å². The van der Waals surface area contributed by atoms with E-state index in [0.717, 1.165) is 28.3 Å². The smallest absolute Gasteiger partial charge is 0.0541 e. The van der Waals surface area contributed by atoms with Crippen LogP contribution in [-0.2, 0) is 0 Å². The molecule has 0 radical (unpaired) electrons. The molecule has 0 aliphatic rings. The molecule has 0 saturated heterocycles. The minimum absolute atomic E-state index is 1.07. The van der Waals surface area contributed by atoms with Crippen LogP contribution in [-0.4, -0.2) is 4.57 Å².